The summed E-state index contributed by atoms with van der Waals surface area (Å²) in [5, 5.41) is 15.2. The molecule has 1 aromatic heterocycles. The monoisotopic (exact) mass is 440 g/mol. The number of benzene rings is 2. The van der Waals surface area contributed by atoms with E-state index >= 15 is 0 Å². The van der Waals surface area contributed by atoms with Crippen molar-refractivity contribution in [2.75, 3.05) is 12.4 Å². The first-order valence-corrected chi connectivity index (χ1v) is 10.4. The van der Waals surface area contributed by atoms with Crippen LogP contribution in [0.4, 0.5) is 24.5 Å². The van der Waals surface area contributed by atoms with E-state index in [0.29, 0.717) is 23.5 Å². The van der Waals surface area contributed by atoms with Crippen molar-refractivity contribution in [3.8, 4) is 11.4 Å². The molecule has 0 radical (unpaired) electrons. The molecule has 0 unspecified atom stereocenters. The highest BCUT2D eigenvalue weighted by atomic mass is 32.2. The normalized spacial score (nSPS) is 12.2. The van der Waals surface area contributed by atoms with Gasteiger partial charge in [-0.1, -0.05) is 6.92 Å². The number of hydrogen-bond acceptors (Lipinski definition) is 6. The molecular formula is C18H19F3N6O2S. The van der Waals surface area contributed by atoms with E-state index in [1.165, 1.54) is 42.2 Å². The highest BCUT2D eigenvalue weighted by Crippen LogP contribution is 2.33. The Labute approximate surface area is 171 Å². The van der Waals surface area contributed by atoms with E-state index in [0.717, 1.165) is 18.6 Å². The molecule has 0 saturated heterocycles. The van der Waals surface area contributed by atoms with Crippen molar-refractivity contribution in [3.05, 3.63) is 48.0 Å². The third-order valence-electron chi connectivity index (χ3n) is 4.18. The summed E-state index contributed by atoms with van der Waals surface area (Å²) in [7, 11) is -2.44. The third-order valence-corrected chi connectivity index (χ3v) is 5.59. The zero-order valence-electron chi connectivity index (χ0n) is 16.1. The number of hydrogen-bond donors (Lipinski definition) is 2. The van der Waals surface area contributed by atoms with Gasteiger partial charge in [0.1, 0.15) is 0 Å². The van der Waals surface area contributed by atoms with E-state index in [1.54, 1.807) is 0 Å². The lowest BCUT2D eigenvalue weighted by molar-refractivity contribution is -0.137. The second kappa shape index (κ2) is 8.40. The maximum atomic E-state index is 12.8. The Balaban J connectivity index is 2.02. The molecule has 160 valence electrons. The summed E-state index contributed by atoms with van der Waals surface area (Å²) in [6.07, 6.45) is -3.66. The number of nitrogens with zero attached hydrogens (tertiary/aromatic N) is 4. The van der Waals surface area contributed by atoms with Crippen molar-refractivity contribution in [3.63, 3.8) is 0 Å². The van der Waals surface area contributed by atoms with E-state index in [1.807, 2.05) is 6.92 Å². The van der Waals surface area contributed by atoms with E-state index < -0.39 is 21.8 Å². The minimum Gasteiger partial charge on any atom is -0.355 e. The Morgan fingerprint density at radius 2 is 1.80 bits per heavy atom. The van der Waals surface area contributed by atoms with Crippen LogP contribution >= 0.6 is 0 Å². The second-order valence-corrected chi connectivity index (χ2v) is 8.21. The molecule has 0 amide bonds. The quantitative estimate of drug-likeness (QED) is 0.584. The van der Waals surface area contributed by atoms with Crippen LogP contribution in [0, 0.1) is 0 Å². The molecule has 8 nitrogen and oxygen atoms in total. The van der Waals surface area contributed by atoms with Gasteiger partial charge in [-0.15, -0.1) is 10.2 Å². The predicted octanol–water partition coefficient (Wildman–Crippen LogP) is 3.42. The summed E-state index contributed by atoms with van der Waals surface area (Å²) in [4.78, 5) is 1.38. The van der Waals surface area contributed by atoms with Gasteiger partial charge in [0.15, 0.2) is 0 Å². The van der Waals surface area contributed by atoms with Crippen LogP contribution in [0.3, 0.4) is 0 Å². The number of aromatic nitrogens is 4. The maximum absolute atomic E-state index is 12.8. The van der Waals surface area contributed by atoms with Gasteiger partial charge in [-0.25, -0.2) is 13.1 Å². The van der Waals surface area contributed by atoms with Crippen molar-refractivity contribution < 1.29 is 21.6 Å². The fourth-order valence-corrected chi connectivity index (χ4v) is 3.40. The van der Waals surface area contributed by atoms with Gasteiger partial charge in [0.05, 0.1) is 17.0 Å². The SMILES string of the molecule is CCCn1nnc(-c2cc(S(=O)(=O)NC)ccc2Nc2ccc(C(F)(F)F)cc2)n1. The summed E-state index contributed by atoms with van der Waals surface area (Å²) in [6, 6.07) is 8.73. The molecule has 0 fully saturated rings. The van der Waals surface area contributed by atoms with Gasteiger partial charge in [-0.05, 0) is 61.1 Å². The van der Waals surface area contributed by atoms with Gasteiger partial charge in [0.25, 0.3) is 0 Å². The van der Waals surface area contributed by atoms with Crippen LogP contribution < -0.4 is 10.0 Å². The molecule has 0 spiro atoms. The molecule has 0 bridgehead atoms. The van der Waals surface area contributed by atoms with Gasteiger partial charge < -0.3 is 5.32 Å². The lowest BCUT2D eigenvalue weighted by atomic mass is 10.1. The molecular weight excluding hydrogens is 421 g/mol. The smallest absolute Gasteiger partial charge is 0.355 e. The summed E-state index contributed by atoms with van der Waals surface area (Å²) in [5.74, 6) is 0.186. The van der Waals surface area contributed by atoms with Gasteiger partial charge in [0.2, 0.25) is 15.8 Å². The Morgan fingerprint density at radius 1 is 1.10 bits per heavy atom. The topological polar surface area (TPSA) is 102 Å². The first kappa shape index (κ1) is 21.7. The summed E-state index contributed by atoms with van der Waals surface area (Å²) < 4.78 is 65.0. The number of aryl methyl sites for hydroxylation is 1. The second-order valence-electron chi connectivity index (χ2n) is 6.32. The van der Waals surface area contributed by atoms with Gasteiger partial charge in [-0.2, -0.15) is 18.0 Å². The largest absolute Gasteiger partial charge is 0.416 e. The average molecular weight is 440 g/mol. The van der Waals surface area contributed by atoms with Crippen molar-refractivity contribution in [2.24, 2.45) is 0 Å². The number of tetrazole rings is 1. The molecule has 12 heteroatoms. The molecule has 30 heavy (non-hydrogen) atoms. The van der Waals surface area contributed by atoms with Crippen molar-refractivity contribution in [1.29, 1.82) is 0 Å². The first-order chi connectivity index (χ1) is 14.1. The molecule has 0 aliphatic carbocycles. The molecule has 1 heterocycles. The molecule has 3 aromatic rings. The number of alkyl halides is 3. The van der Waals surface area contributed by atoms with Crippen LogP contribution in [0.25, 0.3) is 11.4 Å². The minimum absolute atomic E-state index is 0.00943. The number of halogens is 3. The van der Waals surface area contributed by atoms with Gasteiger partial charge in [-0.3, -0.25) is 0 Å². The van der Waals surface area contributed by atoms with Crippen LogP contribution in [-0.4, -0.2) is 35.7 Å². The Bertz CT molecular complexity index is 1130. The van der Waals surface area contributed by atoms with Crippen molar-refractivity contribution in [1.82, 2.24) is 24.9 Å². The minimum atomic E-state index is -4.44. The van der Waals surface area contributed by atoms with E-state index in [2.05, 4.69) is 25.4 Å². The zero-order valence-corrected chi connectivity index (χ0v) is 16.9. The summed E-state index contributed by atoms with van der Waals surface area (Å²) in [6.45, 7) is 2.48. The fourth-order valence-electron chi connectivity index (χ4n) is 2.65. The van der Waals surface area contributed by atoms with Gasteiger partial charge >= 0.3 is 6.18 Å². The standard InChI is InChI=1S/C18H19F3N6O2S/c1-3-10-27-25-17(24-26-27)15-11-14(30(28,29)22-2)8-9-16(15)23-13-6-4-12(5-7-13)18(19,20)21/h4-9,11,22-23H,3,10H2,1-2H3. The molecule has 2 N–H and O–H groups in total. The average Bonchev–Trinajstić information content (AvgIpc) is 3.16. The molecule has 0 atom stereocenters. The van der Waals surface area contributed by atoms with Crippen LogP contribution in [0.2, 0.25) is 0 Å². The van der Waals surface area contributed by atoms with Crippen molar-refractivity contribution in [2.45, 2.75) is 31.0 Å². The Hall–Kier alpha value is -2.99. The lowest BCUT2D eigenvalue weighted by Crippen LogP contribution is -2.18. The Kier molecular flexibility index (Phi) is 6.08. The van der Waals surface area contributed by atoms with E-state index in [4.69, 9.17) is 0 Å². The highest BCUT2D eigenvalue weighted by molar-refractivity contribution is 7.89. The fraction of sp³-hybridized carbons (Fsp3) is 0.278. The van der Waals surface area contributed by atoms with E-state index in [-0.39, 0.29) is 10.7 Å². The predicted molar refractivity (Wildman–Crippen MR) is 105 cm³/mol. The third kappa shape index (κ3) is 4.76. The maximum Gasteiger partial charge on any atom is 0.416 e. The molecule has 0 saturated carbocycles. The molecule has 0 aliphatic rings. The molecule has 3 rings (SSSR count). The summed E-state index contributed by atoms with van der Waals surface area (Å²) in [5.41, 5.74) is 0.372. The molecule has 0 aliphatic heterocycles. The van der Waals surface area contributed by atoms with Gasteiger partial charge in [0, 0.05) is 16.9 Å². The number of anilines is 2. The number of sulfonamides is 1. The van der Waals surface area contributed by atoms with Crippen LogP contribution in [0.1, 0.15) is 18.9 Å². The number of rotatable bonds is 7. The zero-order chi connectivity index (χ0) is 21.9. The van der Waals surface area contributed by atoms with Crippen LogP contribution in [-0.2, 0) is 22.7 Å². The van der Waals surface area contributed by atoms with E-state index in [9.17, 15) is 21.6 Å². The Morgan fingerprint density at radius 3 is 2.40 bits per heavy atom. The van der Waals surface area contributed by atoms with Crippen molar-refractivity contribution >= 4 is 21.4 Å². The molecule has 2 aromatic carbocycles. The lowest BCUT2D eigenvalue weighted by Gasteiger charge is -2.13. The van der Waals surface area contributed by atoms with Crippen LogP contribution in [0.15, 0.2) is 47.4 Å². The first-order valence-electron chi connectivity index (χ1n) is 8.94. The van der Waals surface area contributed by atoms with Crippen LogP contribution in [0.5, 0.6) is 0 Å². The summed E-state index contributed by atoms with van der Waals surface area (Å²) >= 11 is 0. The highest BCUT2D eigenvalue weighted by Gasteiger charge is 2.30. The number of nitrogens with one attached hydrogen (secondary N) is 2.